The molecule has 0 bridgehead atoms. The Bertz CT molecular complexity index is 237. The highest BCUT2D eigenvalue weighted by atomic mass is 15.3. The molecule has 0 amide bonds. The number of hydrogen-bond donors (Lipinski definition) is 0. The maximum Gasteiger partial charge on any atom is 0.0224 e. The number of hydrogen-bond acceptors (Lipinski definition) is 2. The molecule has 0 aliphatic carbocycles. The van der Waals surface area contributed by atoms with E-state index in [1.807, 2.05) is 0 Å². The van der Waals surface area contributed by atoms with Crippen molar-refractivity contribution in [2.24, 2.45) is 0 Å². The molecule has 0 saturated carbocycles. The molecule has 2 nitrogen and oxygen atoms in total. The smallest absolute Gasteiger partial charge is 0.0224 e. The van der Waals surface area contributed by atoms with Gasteiger partial charge in [0.2, 0.25) is 0 Å². The van der Waals surface area contributed by atoms with Crippen LogP contribution in [0.25, 0.3) is 0 Å². The summed E-state index contributed by atoms with van der Waals surface area (Å²) in [5.41, 5.74) is 1.31. The molecule has 2 fully saturated rings. The van der Waals surface area contributed by atoms with Gasteiger partial charge in [-0.1, -0.05) is 19.1 Å². The second-order valence-corrected chi connectivity index (χ2v) is 5.24. The standard InChI is InChI=1S/C13H24N2/c1-4-12-9-14-7-5-6-13(14)10-15(12)8-11(2)3/h12-13H,2,4-10H2,1,3H3. The highest BCUT2D eigenvalue weighted by Crippen LogP contribution is 2.26. The van der Waals surface area contributed by atoms with E-state index in [2.05, 4.69) is 30.2 Å². The predicted octanol–water partition coefficient (Wildman–Crippen LogP) is 2.12. The van der Waals surface area contributed by atoms with Gasteiger partial charge in [0.25, 0.3) is 0 Å². The molecule has 15 heavy (non-hydrogen) atoms. The zero-order valence-corrected chi connectivity index (χ0v) is 10.2. The van der Waals surface area contributed by atoms with Crippen molar-refractivity contribution in [1.29, 1.82) is 0 Å². The summed E-state index contributed by atoms with van der Waals surface area (Å²) >= 11 is 0. The van der Waals surface area contributed by atoms with Gasteiger partial charge in [-0.05, 0) is 32.7 Å². The molecule has 2 saturated heterocycles. The molecule has 0 spiro atoms. The van der Waals surface area contributed by atoms with Crippen LogP contribution in [0.1, 0.15) is 33.1 Å². The third-order valence-corrected chi connectivity index (χ3v) is 3.85. The van der Waals surface area contributed by atoms with E-state index >= 15 is 0 Å². The molecule has 0 aromatic rings. The Morgan fingerprint density at radius 2 is 2.20 bits per heavy atom. The highest BCUT2D eigenvalue weighted by molar-refractivity contribution is 4.98. The van der Waals surface area contributed by atoms with Crippen LogP contribution in [0.4, 0.5) is 0 Å². The largest absolute Gasteiger partial charge is 0.298 e. The lowest BCUT2D eigenvalue weighted by Crippen LogP contribution is -2.56. The quantitative estimate of drug-likeness (QED) is 0.656. The van der Waals surface area contributed by atoms with Crippen molar-refractivity contribution in [3.05, 3.63) is 12.2 Å². The summed E-state index contributed by atoms with van der Waals surface area (Å²) in [6.45, 7) is 13.5. The third-order valence-electron chi connectivity index (χ3n) is 3.85. The molecule has 2 heteroatoms. The van der Waals surface area contributed by atoms with Crippen LogP contribution in [0.3, 0.4) is 0 Å². The molecule has 86 valence electrons. The first-order valence-corrected chi connectivity index (χ1v) is 6.33. The molecule has 2 unspecified atom stereocenters. The summed E-state index contributed by atoms with van der Waals surface area (Å²) in [5.74, 6) is 0. The highest BCUT2D eigenvalue weighted by Gasteiger charge is 2.34. The van der Waals surface area contributed by atoms with Crippen molar-refractivity contribution in [2.45, 2.75) is 45.2 Å². The molecule has 2 aliphatic heterocycles. The van der Waals surface area contributed by atoms with Gasteiger partial charge in [0, 0.05) is 31.7 Å². The fraction of sp³-hybridized carbons (Fsp3) is 0.846. The summed E-state index contributed by atoms with van der Waals surface area (Å²) in [7, 11) is 0. The van der Waals surface area contributed by atoms with Crippen LogP contribution in [-0.2, 0) is 0 Å². The Hall–Kier alpha value is -0.340. The van der Waals surface area contributed by atoms with Crippen molar-refractivity contribution in [3.63, 3.8) is 0 Å². The van der Waals surface area contributed by atoms with Crippen molar-refractivity contribution in [3.8, 4) is 0 Å². The van der Waals surface area contributed by atoms with E-state index in [1.165, 1.54) is 44.5 Å². The van der Waals surface area contributed by atoms with Gasteiger partial charge in [0.05, 0.1) is 0 Å². The van der Waals surface area contributed by atoms with Gasteiger partial charge >= 0.3 is 0 Å². The Morgan fingerprint density at radius 1 is 1.40 bits per heavy atom. The fourth-order valence-corrected chi connectivity index (χ4v) is 3.08. The minimum Gasteiger partial charge on any atom is -0.298 e. The Morgan fingerprint density at radius 3 is 2.87 bits per heavy atom. The van der Waals surface area contributed by atoms with Crippen molar-refractivity contribution >= 4 is 0 Å². The maximum atomic E-state index is 4.05. The summed E-state index contributed by atoms with van der Waals surface area (Å²) in [6, 6.07) is 1.60. The normalized spacial score (nSPS) is 32.9. The Balaban J connectivity index is 1.99. The molecule has 0 radical (unpaired) electrons. The average Bonchev–Trinajstić information content (AvgIpc) is 2.62. The van der Waals surface area contributed by atoms with Crippen LogP contribution in [0.5, 0.6) is 0 Å². The Labute approximate surface area is 93.9 Å². The van der Waals surface area contributed by atoms with Crippen LogP contribution in [0.15, 0.2) is 12.2 Å². The molecular weight excluding hydrogens is 184 g/mol. The monoisotopic (exact) mass is 208 g/mol. The molecule has 2 heterocycles. The molecule has 2 atom stereocenters. The summed E-state index contributed by atoms with van der Waals surface area (Å²) in [5, 5.41) is 0. The molecule has 0 aromatic carbocycles. The molecule has 0 aromatic heterocycles. The van der Waals surface area contributed by atoms with Crippen molar-refractivity contribution in [1.82, 2.24) is 9.80 Å². The van der Waals surface area contributed by atoms with E-state index < -0.39 is 0 Å². The topological polar surface area (TPSA) is 6.48 Å². The maximum absolute atomic E-state index is 4.05. The zero-order valence-electron chi connectivity index (χ0n) is 10.2. The number of nitrogens with zero attached hydrogens (tertiary/aromatic N) is 2. The van der Waals surface area contributed by atoms with E-state index in [4.69, 9.17) is 0 Å². The predicted molar refractivity (Wildman–Crippen MR) is 65.1 cm³/mol. The number of fused-ring (bicyclic) bond motifs is 1. The molecule has 2 rings (SSSR count). The fourth-order valence-electron chi connectivity index (χ4n) is 3.08. The zero-order chi connectivity index (χ0) is 10.8. The first-order chi connectivity index (χ1) is 7.20. The van der Waals surface area contributed by atoms with Crippen LogP contribution < -0.4 is 0 Å². The van der Waals surface area contributed by atoms with Crippen molar-refractivity contribution < 1.29 is 0 Å². The second kappa shape index (κ2) is 4.67. The summed E-state index contributed by atoms with van der Waals surface area (Å²) in [4.78, 5) is 5.35. The van der Waals surface area contributed by atoms with E-state index in [0.717, 1.165) is 18.6 Å². The van der Waals surface area contributed by atoms with Crippen LogP contribution in [0.2, 0.25) is 0 Å². The SMILES string of the molecule is C=C(C)CN1CC2CCCN2CC1CC. The van der Waals surface area contributed by atoms with Gasteiger partial charge in [-0.2, -0.15) is 0 Å². The van der Waals surface area contributed by atoms with E-state index in [1.54, 1.807) is 0 Å². The van der Waals surface area contributed by atoms with Gasteiger partial charge in [-0.15, -0.1) is 0 Å². The summed E-state index contributed by atoms with van der Waals surface area (Å²) in [6.07, 6.45) is 4.08. The van der Waals surface area contributed by atoms with Crippen LogP contribution in [0, 0.1) is 0 Å². The van der Waals surface area contributed by atoms with E-state index in [0.29, 0.717) is 0 Å². The summed E-state index contributed by atoms with van der Waals surface area (Å²) < 4.78 is 0. The molecule has 2 aliphatic rings. The Kier molecular flexibility index (Phi) is 3.47. The molecule has 0 N–H and O–H groups in total. The van der Waals surface area contributed by atoms with Gasteiger partial charge < -0.3 is 0 Å². The lowest BCUT2D eigenvalue weighted by molar-refractivity contribution is 0.0562. The molecular formula is C13H24N2. The van der Waals surface area contributed by atoms with Gasteiger partial charge in [0.1, 0.15) is 0 Å². The lowest BCUT2D eigenvalue weighted by Gasteiger charge is -2.43. The minimum absolute atomic E-state index is 0.760. The minimum atomic E-state index is 0.760. The van der Waals surface area contributed by atoms with E-state index in [-0.39, 0.29) is 0 Å². The van der Waals surface area contributed by atoms with Gasteiger partial charge in [-0.25, -0.2) is 0 Å². The van der Waals surface area contributed by atoms with E-state index in [9.17, 15) is 0 Å². The number of piperazine rings is 1. The van der Waals surface area contributed by atoms with Crippen molar-refractivity contribution in [2.75, 3.05) is 26.2 Å². The average molecular weight is 208 g/mol. The number of rotatable bonds is 3. The second-order valence-electron chi connectivity index (χ2n) is 5.24. The van der Waals surface area contributed by atoms with Crippen LogP contribution >= 0.6 is 0 Å². The lowest BCUT2D eigenvalue weighted by atomic mass is 10.0. The third kappa shape index (κ3) is 2.43. The van der Waals surface area contributed by atoms with Gasteiger partial charge in [-0.3, -0.25) is 9.80 Å². The first kappa shape index (κ1) is 11.2. The van der Waals surface area contributed by atoms with Gasteiger partial charge in [0.15, 0.2) is 0 Å². The first-order valence-electron chi connectivity index (χ1n) is 6.33. The van der Waals surface area contributed by atoms with Crippen LogP contribution in [-0.4, -0.2) is 48.1 Å².